The van der Waals surface area contributed by atoms with E-state index in [2.05, 4.69) is 10.5 Å². The largest absolute Gasteiger partial charge is 0.370 e. The first-order chi connectivity index (χ1) is 10.3. The average molecular weight is 324 g/mol. The van der Waals surface area contributed by atoms with Crippen molar-refractivity contribution in [1.82, 2.24) is 5.48 Å². The summed E-state index contributed by atoms with van der Waals surface area (Å²) in [4.78, 5) is 20.3. The van der Waals surface area contributed by atoms with E-state index in [0.717, 1.165) is 5.41 Å². The van der Waals surface area contributed by atoms with Crippen LogP contribution in [-0.2, 0) is 21.1 Å². The molecule has 0 unspecified atom stereocenters. The number of hydroxylamine groups is 1. The quantitative estimate of drug-likeness (QED) is 0.399. The summed E-state index contributed by atoms with van der Waals surface area (Å²) in [6.45, 7) is 1.84. The van der Waals surface area contributed by atoms with Gasteiger partial charge in [0.1, 0.15) is 0 Å². The van der Waals surface area contributed by atoms with Crippen LogP contribution in [-0.4, -0.2) is 27.4 Å². The highest BCUT2D eigenvalue weighted by Gasteiger charge is 2.29. The summed E-state index contributed by atoms with van der Waals surface area (Å²) in [5.41, 5.74) is 14.5. The van der Waals surface area contributed by atoms with Crippen LogP contribution in [0.2, 0.25) is 0 Å². The van der Waals surface area contributed by atoms with E-state index in [9.17, 15) is 13.2 Å². The maximum atomic E-state index is 12.2. The van der Waals surface area contributed by atoms with Gasteiger partial charge in [0.05, 0.1) is 23.1 Å². The highest BCUT2D eigenvalue weighted by Crippen LogP contribution is 2.34. The molecule has 0 aliphatic carbocycles. The van der Waals surface area contributed by atoms with Gasteiger partial charge < -0.3 is 11.5 Å². The number of carbonyl (C=O) groups is 1. The molecule has 1 aromatic rings. The second-order valence-corrected chi connectivity index (χ2v) is 6.35. The summed E-state index contributed by atoms with van der Waals surface area (Å²) in [6, 6.07) is 2.91. The van der Waals surface area contributed by atoms with Crippen LogP contribution >= 0.6 is 0 Å². The second-order valence-electron chi connectivity index (χ2n) is 4.58. The van der Waals surface area contributed by atoms with E-state index >= 15 is 0 Å². The molecule has 9 heteroatoms. The molecule has 0 radical (unpaired) electrons. The number of carbonyl (C=O) groups excluding carboxylic acids is 1. The van der Waals surface area contributed by atoms with E-state index in [0.29, 0.717) is 23.2 Å². The van der Waals surface area contributed by atoms with E-state index in [1.165, 1.54) is 13.2 Å². The molecule has 0 saturated carbocycles. The predicted molar refractivity (Wildman–Crippen MR) is 81.3 cm³/mol. The van der Waals surface area contributed by atoms with Crippen molar-refractivity contribution in [2.45, 2.75) is 18.2 Å². The van der Waals surface area contributed by atoms with Crippen LogP contribution in [0.4, 0.5) is 0 Å². The van der Waals surface area contributed by atoms with Gasteiger partial charge in [-0.15, -0.1) is 0 Å². The Morgan fingerprint density at radius 1 is 1.36 bits per heavy atom. The monoisotopic (exact) mass is 324 g/mol. The molecule has 1 aromatic carbocycles. The molecule has 0 aromatic heterocycles. The van der Waals surface area contributed by atoms with Crippen molar-refractivity contribution in [3.05, 3.63) is 34.2 Å². The highest BCUT2D eigenvalue weighted by molar-refractivity contribution is 7.95. The van der Waals surface area contributed by atoms with E-state index in [-0.39, 0.29) is 16.4 Å². The summed E-state index contributed by atoms with van der Waals surface area (Å²) < 4.78 is 24.3. The Hall–Kier alpha value is -2.39. The number of guanidine groups is 1. The number of aryl methyl sites for hydroxylation is 1. The van der Waals surface area contributed by atoms with Crippen molar-refractivity contribution in [3.8, 4) is 0 Å². The fourth-order valence-electron chi connectivity index (χ4n) is 2.21. The van der Waals surface area contributed by atoms with Crippen LogP contribution in [0.25, 0.3) is 5.70 Å². The maximum absolute atomic E-state index is 12.2. The first-order valence-electron chi connectivity index (χ1n) is 6.37. The van der Waals surface area contributed by atoms with Gasteiger partial charge in [-0.25, -0.2) is 8.42 Å². The van der Waals surface area contributed by atoms with Gasteiger partial charge in [0, 0.05) is 11.1 Å². The molecule has 0 spiro atoms. The van der Waals surface area contributed by atoms with Crippen molar-refractivity contribution in [1.29, 1.82) is 0 Å². The number of sulfone groups is 1. The number of rotatable bonds is 4. The fraction of sp³-hybridized carbons (Fsp3) is 0.231. The lowest BCUT2D eigenvalue weighted by molar-refractivity contribution is 0.100. The standard InChI is InChI=1S/C13H16N4O4S/c1-3-7-4-9-10(17-21-2)6-22(19,20)11(9)5-8(7)12(18)16-13(14)15/h4-6,17H,3H2,1-2H3,(H4,14,15,16,18). The Labute approximate surface area is 127 Å². The van der Waals surface area contributed by atoms with E-state index < -0.39 is 15.7 Å². The minimum absolute atomic E-state index is 0.0124. The number of hydrogen-bond donors (Lipinski definition) is 3. The Morgan fingerprint density at radius 2 is 2.05 bits per heavy atom. The first kappa shape index (κ1) is 16.0. The molecule has 22 heavy (non-hydrogen) atoms. The average Bonchev–Trinajstić information content (AvgIpc) is 2.68. The molecule has 2 rings (SSSR count). The van der Waals surface area contributed by atoms with Crippen LogP contribution in [0.15, 0.2) is 27.4 Å². The predicted octanol–water partition coefficient (Wildman–Crippen LogP) is -0.101. The molecule has 0 saturated heterocycles. The molecule has 0 bridgehead atoms. The Morgan fingerprint density at radius 3 is 2.59 bits per heavy atom. The minimum atomic E-state index is -3.65. The Balaban J connectivity index is 2.65. The summed E-state index contributed by atoms with van der Waals surface area (Å²) in [7, 11) is -2.28. The van der Waals surface area contributed by atoms with Crippen molar-refractivity contribution in [2.75, 3.05) is 7.11 Å². The van der Waals surface area contributed by atoms with E-state index in [1.807, 2.05) is 6.92 Å². The van der Waals surface area contributed by atoms with Crippen molar-refractivity contribution in [3.63, 3.8) is 0 Å². The zero-order valence-corrected chi connectivity index (χ0v) is 12.9. The van der Waals surface area contributed by atoms with Gasteiger partial charge in [-0.2, -0.15) is 4.99 Å². The van der Waals surface area contributed by atoms with Crippen LogP contribution < -0.4 is 16.9 Å². The van der Waals surface area contributed by atoms with Crippen molar-refractivity contribution >= 4 is 27.4 Å². The third kappa shape index (κ3) is 2.81. The first-order valence-corrected chi connectivity index (χ1v) is 7.91. The Kier molecular flexibility index (Phi) is 4.20. The number of aliphatic imine (C=N–C) groups is 1. The number of amides is 1. The van der Waals surface area contributed by atoms with Crippen molar-refractivity contribution < 1.29 is 18.0 Å². The zero-order chi connectivity index (χ0) is 16.5. The van der Waals surface area contributed by atoms with Crippen LogP contribution in [0, 0.1) is 0 Å². The van der Waals surface area contributed by atoms with Gasteiger partial charge in [0.2, 0.25) is 9.84 Å². The molecule has 1 aliphatic heterocycles. The van der Waals surface area contributed by atoms with Gasteiger partial charge in [0.15, 0.2) is 5.96 Å². The highest BCUT2D eigenvalue weighted by atomic mass is 32.2. The van der Waals surface area contributed by atoms with Crippen LogP contribution in [0.3, 0.4) is 0 Å². The number of nitrogens with one attached hydrogen (secondary N) is 1. The lowest BCUT2D eigenvalue weighted by Crippen LogP contribution is -2.24. The van der Waals surface area contributed by atoms with E-state index in [1.54, 1.807) is 6.07 Å². The van der Waals surface area contributed by atoms with Crippen LogP contribution in [0.5, 0.6) is 0 Å². The summed E-state index contributed by atoms with van der Waals surface area (Å²) >= 11 is 0. The lowest BCUT2D eigenvalue weighted by Gasteiger charge is -2.10. The molecule has 1 amide bonds. The number of nitrogens with zero attached hydrogens (tertiary/aromatic N) is 1. The van der Waals surface area contributed by atoms with E-state index in [4.69, 9.17) is 16.3 Å². The fourth-order valence-corrected chi connectivity index (χ4v) is 3.58. The molecule has 0 fully saturated rings. The third-order valence-electron chi connectivity index (χ3n) is 3.13. The van der Waals surface area contributed by atoms with Gasteiger partial charge in [0.25, 0.3) is 5.91 Å². The van der Waals surface area contributed by atoms with Crippen LogP contribution in [0.1, 0.15) is 28.4 Å². The normalized spacial score (nSPS) is 14.9. The molecule has 118 valence electrons. The SMILES string of the molecule is CCc1cc2c(cc1C(=O)N=C(N)N)S(=O)(=O)C=C2NOC. The van der Waals surface area contributed by atoms with Gasteiger partial charge in [-0.3, -0.25) is 15.1 Å². The smallest absolute Gasteiger partial charge is 0.280 e. The van der Waals surface area contributed by atoms with Gasteiger partial charge in [-0.05, 0) is 24.1 Å². The summed E-state index contributed by atoms with van der Waals surface area (Å²) in [5.74, 6) is -1.06. The van der Waals surface area contributed by atoms with Gasteiger partial charge >= 0.3 is 0 Å². The van der Waals surface area contributed by atoms with Gasteiger partial charge in [-0.1, -0.05) is 6.92 Å². The molecule has 1 heterocycles. The number of nitrogens with two attached hydrogens (primary N) is 2. The maximum Gasteiger partial charge on any atom is 0.280 e. The molecular weight excluding hydrogens is 308 g/mol. The molecule has 8 nitrogen and oxygen atoms in total. The lowest BCUT2D eigenvalue weighted by atomic mass is 10.00. The Bertz CT molecular complexity index is 793. The topological polar surface area (TPSA) is 137 Å². The third-order valence-corrected chi connectivity index (χ3v) is 4.63. The summed E-state index contributed by atoms with van der Waals surface area (Å²) in [5, 5.41) is 1.05. The zero-order valence-electron chi connectivity index (χ0n) is 12.1. The number of fused-ring (bicyclic) bond motifs is 1. The molecule has 5 N–H and O–H groups in total. The second kappa shape index (κ2) is 5.78. The molecule has 0 atom stereocenters. The molecule has 1 aliphatic rings. The summed E-state index contributed by atoms with van der Waals surface area (Å²) in [6.07, 6.45) is 0.509. The number of benzene rings is 1. The van der Waals surface area contributed by atoms with Crippen molar-refractivity contribution in [2.24, 2.45) is 16.5 Å². The number of hydrogen-bond acceptors (Lipinski definition) is 5. The minimum Gasteiger partial charge on any atom is -0.370 e. The molecular formula is C13H16N4O4S.